The van der Waals surface area contributed by atoms with Gasteiger partial charge >= 0.3 is 0 Å². The van der Waals surface area contributed by atoms with Crippen LogP contribution in [-0.2, 0) is 11.3 Å². The van der Waals surface area contributed by atoms with Gasteiger partial charge < -0.3 is 14.6 Å². The van der Waals surface area contributed by atoms with Crippen LogP contribution in [0.25, 0.3) is 0 Å². The Labute approximate surface area is 196 Å². The summed E-state index contributed by atoms with van der Waals surface area (Å²) in [6.07, 6.45) is 1.56. The Bertz CT molecular complexity index is 1170. The zero-order valence-electron chi connectivity index (χ0n) is 18.2. The van der Waals surface area contributed by atoms with Crippen LogP contribution in [0.1, 0.15) is 32.6 Å². The van der Waals surface area contributed by atoms with E-state index < -0.39 is 0 Å². The Hall–Kier alpha value is -3.68. The fraction of sp³-hybridized carbons (Fsp3) is 0.154. The molecule has 0 radical (unpaired) electrons. The van der Waals surface area contributed by atoms with Crippen LogP contribution >= 0.6 is 11.3 Å². The molecule has 7 heteroatoms. The number of nitrogens with zero attached hydrogens (tertiary/aromatic N) is 1. The number of carbonyl (C=O) groups is 2. The fourth-order valence-electron chi connectivity index (χ4n) is 3.56. The molecule has 168 valence electrons. The summed E-state index contributed by atoms with van der Waals surface area (Å²) >= 11 is 1.64. The molecule has 2 N–H and O–H groups in total. The Morgan fingerprint density at radius 2 is 1.76 bits per heavy atom. The number of carbonyl (C=O) groups excluding carboxylic acids is 2. The normalized spacial score (nSPS) is 11.7. The predicted octanol–water partition coefficient (Wildman–Crippen LogP) is 4.61. The van der Waals surface area contributed by atoms with E-state index in [9.17, 15) is 9.59 Å². The molecule has 0 bridgehead atoms. The average molecular weight is 460 g/mol. The molecule has 33 heavy (non-hydrogen) atoms. The van der Waals surface area contributed by atoms with Gasteiger partial charge in [0.05, 0.1) is 36.6 Å². The first-order valence-electron chi connectivity index (χ1n) is 10.6. The number of para-hydroxylation sites is 1. The highest BCUT2D eigenvalue weighted by Crippen LogP contribution is 2.26. The smallest absolute Gasteiger partial charge is 0.253 e. The van der Waals surface area contributed by atoms with E-state index in [4.69, 9.17) is 4.42 Å². The minimum Gasteiger partial charge on any atom is -0.467 e. The van der Waals surface area contributed by atoms with Gasteiger partial charge in [0, 0.05) is 11.9 Å². The Morgan fingerprint density at radius 3 is 2.48 bits per heavy atom. The van der Waals surface area contributed by atoms with Gasteiger partial charge in [0.25, 0.3) is 5.91 Å². The summed E-state index contributed by atoms with van der Waals surface area (Å²) in [7, 11) is 1.69. The van der Waals surface area contributed by atoms with E-state index >= 15 is 0 Å². The highest BCUT2D eigenvalue weighted by molar-refractivity contribution is 7.10. The number of furan rings is 1. The second-order valence-corrected chi connectivity index (χ2v) is 8.45. The predicted molar refractivity (Wildman–Crippen MR) is 130 cm³/mol. The molecule has 0 unspecified atom stereocenters. The van der Waals surface area contributed by atoms with Gasteiger partial charge in [-0.2, -0.15) is 0 Å². The molecule has 2 aromatic heterocycles. The molecule has 6 nitrogen and oxygen atoms in total. The van der Waals surface area contributed by atoms with E-state index in [-0.39, 0.29) is 30.9 Å². The SMILES string of the molecule is CN(C(=O)CN[C@H](c1ccccc1)c1cccs1)c1ccccc1C(=O)NCc1ccco1. The van der Waals surface area contributed by atoms with Crippen molar-refractivity contribution in [3.05, 3.63) is 112 Å². The van der Waals surface area contributed by atoms with Crippen molar-refractivity contribution < 1.29 is 14.0 Å². The van der Waals surface area contributed by atoms with Gasteiger partial charge in [0.1, 0.15) is 5.76 Å². The first kappa shape index (κ1) is 22.5. The van der Waals surface area contributed by atoms with Crippen molar-refractivity contribution >= 4 is 28.8 Å². The maximum Gasteiger partial charge on any atom is 0.253 e. The minimum absolute atomic E-state index is 0.0876. The average Bonchev–Trinajstić information content (AvgIpc) is 3.57. The first-order valence-corrected chi connectivity index (χ1v) is 11.5. The fourth-order valence-corrected chi connectivity index (χ4v) is 4.39. The van der Waals surface area contributed by atoms with Gasteiger partial charge in [-0.05, 0) is 41.3 Å². The van der Waals surface area contributed by atoms with Crippen molar-refractivity contribution in [2.24, 2.45) is 0 Å². The number of benzene rings is 2. The molecule has 0 saturated heterocycles. The van der Waals surface area contributed by atoms with Crippen LogP contribution in [-0.4, -0.2) is 25.4 Å². The van der Waals surface area contributed by atoms with E-state index in [1.807, 2.05) is 47.8 Å². The molecule has 1 atom stereocenters. The van der Waals surface area contributed by atoms with Crippen LogP contribution in [0.5, 0.6) is 0 Å². The molecule has 2 amide bonds. The van der Waals surface area contributed by atoms with E-state index in [1.165, 1.54) is 4.90 Å². The van der Waals surface area contributed by atoms with E-state index in [1.54, 1.807) is 55.0 Å². The van der Waals surface area contributed by atoms with Crippen molar-refractivity contribution in [2.45, 2.75) is 12.6 Å². The number of anilines is 1. The van der Waals surface area contributed by atoms with Gasteiger partial charge in [0.15, 0.2) is 0 Å². The lowest BCUT2D eigenvalue weighted by Gasteiger charge is -2.23. The van der Waals surface area contributed by atoms with E-state index in [0.29, 0.717) is 17.0 Å². The third-order valence-corrected chi connectivity index (χ3v) is 6.24. The van der Waals surface area contributed by atoms with Crippen molar-refractivity contribution in [3.8, 4) is 0 Å². The number of hydrogen-bond acceptors (Lipinski definition) is 5. The van der Waals surface area contributed by atoms with Crippen LogP contribution in [0.2, 0.25) is 0 Å². The number of hydrogen-bond donors (Lipinski definition) is 2. The van der Waals surface area contributed by atoms with E-state index in [2.05, 4.69) is 16.7 Å². The van der Waals surface area contributed by atoms with Crippen molar-refractivity contribution in [2.75, 3.05) is 18.5 Å². The number of likely N-dealkylation sites (N-methyl/N-ethyl adjacent to an activating group) is 1. The Kier molecular flexibility index (Phi) is 7.34. The maximum atomic E-state index is 13.1. The lowest BCUT2D eigenvalue weighted by Crippen LogP contribution is -2.38. The largest absolute Gasteiger partial charge is 0.467 e. The summed E-state index contributed by atoms with van der Waals surface area (Å²) in [5, 5.41) is 8.25. The lowest BCUT2D eigenvalue weighted by molar-refractivity contribution is -0.117. The number of rotatable bonds is 9. The van der Waals surface area contributed by atoms with Crippen molar-refractivity contribution in [3.63, 3.8) is 0 Å². The van der Waals surface area contributed by atoms with Crippen LogP contribution in [0.15, 0.2) is 94.9 Å². The summed E-state index contributed by atoms with van der Waals surface area (Å²) in [6.45, 7) is 0.398. The molecule has 0 aliphatic carbocycles. The molecule has 0 aliphatic heterocycles. The third kappa shape index (κ3) is 5.58. The molecule has 2 aromatic carbocycles. The third-order valence-electron chi connectivity index (χ3n) is 5.31. The van der Waals surface area contributed by atoms with Gasteiger partial charge in [-0.3, -0.25) is 14.9 Å². The van der Waals surface area contributed by atoms with Crippen molar-refractivity contribution in [1.82, 2.24) is 10.6 Å². The van der Waals surface area contributed by atoms with Crippen LogP contribution in [0.3, 0.4) is 0 Å². The Balaban J connectivity index is 1.45. The molecule has 0 saturated carbocycles. The van der Waals surface area contributed by atoms with Crippen LogP contribution in [0, 0.1) is 0 Å². The van der Waals surface area contributed by atoms with Crippen LogP contribution < -0.4 is 15.5 Å². The monoisotopic (exact) mass is 459 g/mol. The standard InChI is InChI=1S/C26H25N3O3S/c1-29(22-13-6-5-12-21(22)26(31)28-17-20-11-7-15-32-20)24(30)18-27-25(23-14-8-16-33-23)19-9-3-2-4-10-19/h2-16,25,27H,17-18H2,1H3,(H,28,31)/t25-/m1/s1. The highest BCUT2D eigenvalue weighted by Gasteiger charge is 2.21. The van der Waals surface area contributed by atoms with Crippen molar-refractivity contribution in [1.29, 1.82) is 0 Å². The lowest BCUT2D eigenvalue weighted by atomic mass is 10.1. The molecule has 0 fully saturated rings. The number of thiophene rings is 1. The summed E-state index contributed by atoms with van der Waals surface area (Å²) in [4.78, 5) is 28.5. The van der Waals surface area contributed by atoms with Gasteiger partial charge in [-0.15, -0.1) is 11.3 Å². The van der Waals surface area contributed by atoms with Gasteiger partial charge in [-0.1, -0.05) is 48.5 Å². The summed E-state index contributed by atoms with van der Waals surface area (Å²) in [6, 6.07) is 24.7. The summed E-state index contributed by atoms with van der Waals surface area (Å²) in [5.41, 5.74) is 2.07. The number of amides is 2. The summed E-state index contributed by atoms with van der Waals surface area (Å²) < 4.78 is 5.27. The topological polar surface area (TPSA) is 74.6 Å². The second kappa shape index (κ2) is 10.8. The van der Waals surface area contributed by atoms with Gasteiger partial charge in [0.2, 0.25) is 5.91 Å². The second-order valence-electron chi connectivity index (χ2n) is 7.47. The summed E-state index contributed by atoms with van der Waals surface area (Å²) in [5.74, 6) is 0.254. The zero-order chi connectivity index (χ0) is 23.0. The highest BCUT2D eigenvalue weighted by atomic mass is 32.1. The molecule has 4 rings (SSSR count). The molecular weight excluding hydrogens is 434 g/mol. The minimum atomic E-state index is -0.268. The molecule has 0 spiro atoms. The van der Waals surface area contributed by atoms with Gasteiger partial charge in [-0.25, -0.2) is 0 Å². The molecule has 2 heterocycles. The molecule has 0 aliphatic rings. The Morgan fingerprint density at radius 1 is 0.970 bits per heavy atom. The zero-order valence-corrected chi connectivity index (χ0v) is 19.0. The maximum absolute atomic E-state index is 13.1. The van der Waals surface area contributed by atoms with Crippen LogP contribution in [0.4, 0.5) is 5.69 Å². The molecule has 4 aromatic rings. The quantitative estimate of drug-likeness (QED) is 0.383. The molecular formula is C26H25N3O3S. The van der Waals surface area contributed by atoms with E-state index in [0.717, 1.165) is 10.4 Å². The number of nitrogens with one attached hydrogen (secondary N) is 2. The first-order chi connectivity index (χ1) is 16.1.